The summed E-state index contributed by atoms with van der Waals surface area (Å²) in [6.07, 6.45) is -0.911. The van der Waals surface area contributed by atoms with Gasteiger partial charge in [-0.2, -0.15) is 4.98 Å². The fourth-order valence-electron chi connectivity index (χ4n) is 3.61. The Hall–Kier alpha value is -1.34. The number of aromatic nitrogens is 2. The molecule has 9 nitrogen and oxygen atoms in total. The predicted octanol–water partition coefficient (Wildman–Crippen LogP) is 6.77. The quantitative estimate of drug-likeness (QED) is 0.256. The third-order valence-corrected chi connectivity index (χ3v) is 23.0. The Morgan fingerprint density at radius 1 is 0.950 bits per heavy atom. The van der Waals surface area contributed by atoms with Crippen molar-refractivity contribution in [3.63, 3.8) is 0 Å². The smallest absolute Gasteiger partial charge is 0.388 e. The maximum atomic E-state index is 13.1. The first-order valence-corrected chi connectivity index (χ1v) is 22.8. The van der Waals surface area contributed by atoms with Gasteiger partial charge in [-0.05, 0) is 60.5 Å². The highest BCUT2D eigenvalue weighted by atomic mass is 28.4. The normalized spacial score (nSPS) is 25.2. The van der Waals surface area contributed by atoms with Gasteiger partial charge in [0.15, 0.2) is 37.3 Å². The Morgan fingerprint density at radius 3 is 1.85 bits per heavy atom. The molecule has 1 aromatic rings. The van der Waals surface area contributed by atoms with E-state index in [1.165, 1.54) is 4.57 Å². The van der Waals surface area contributed by atoms with Gasteiger partial charge in [-0.15, -0.1) is 0 Å². The van der Waals surface area contributed by atoms with Crippen molar-refractivity contribution in [1.82, 2.24) is 9.55 Å². The molecule has 0 bridgehead atoms. The minimum Gasteiger partial charge on any atom is -0.406 e. The van der Waals surface area contributed by atoms with Gasteiger partial charge in [-0.1, -0.05) is 62.3 Å². The molecule has 0 saturated carbocycles. The Kier molecular flexibility index (Phi) is 9.64. The summed E-state index contributed by atoms with van der Waals surface area (Å²) in [5, 5.41) is -0.344. The van der Waals surface area contributed by atoms with E-state index >= 15 is 0 Å². The fraction of sp³-hybridized carbons (Fsp3) is 0.821. The van der Waals surface area contributed by atoms with Gasteiger partial charge in [0.25, 0.3) is 0 Å². The van der Waals surface area contributed by atoms with Crippen LogP contribution in [0, 0.1) is 6.57 Å². The summed E-state index contributed by atoms with van der Waals surface area (Å²) in [5.41, 5.74) is 3.73. The van der Waals surface area contributed by atoms with E-state index in [2.05, 4.69) is 111 Å². The van der Waals surface area contributed by atoms with Crippen LogP contribution < -0.4 is 11.4 Å². The molecule has 1 unspecified atom stereocenters. The SMILES string of the molecule is [C-]#[N+][C@]1(CO[Si](C)(C)C(C)(C)C)O[C@@H](n2ccc(N)nc2=O)C(O[Si](C)(C)C(C)(C)C)[C@H]1O[Si](C)(C)C(C)(C)C. The molecule has 2 heterocycles. The second kappa shape index (κ2) is 11.1. The van der Waals surface area contributed by atoms with Gasteiger partial charge in [0.2, 0.25) is 0 Å². The van der Waals surface area contributed by atoms with Crippen LogP contribution in [0.3, 0.4) is 0 Å². The lowest BCUT2D eigenvalue weighted by atomic mass is 10.1. The Labute approximate surface area is 245 Å². The van der Waals surface area contributed by atoms with Crippen LogP contribution in [-0.2, 0) is 18.0 Å². The minimum absolute atomic E-state index is 0.0112. The molecule has 0 radical (unpaired) electrons. The number of anilines is 1. The van der Waals surface area contributed by atoms with Crippen molar-refractivity contribution < 1.29 is 18.0 Å². The highest BCUT2D eigenvalue weighted by molar-refractivity contribution is 6.75. The first-order chi connectivity index (χ1) is 17.7. The summed E-state index contributed by atoms with van der Waals surface area (Å²) in [7, 11) is -7.17. The summed E-state index contributed by atoms with van der Waals surface area (Å²) >= 11 is 0. The van der Waals surface area contributed by atoms with E-state index in [9.17, 15) is 4.79 Å². The van der Waals surface area contributed by atoms with Crippen LogP contribution >= 0.6 is 0 Å². The van der Waals surface area contributed by atoms with Gasteiger partial charge < -0.3 is 19.0 Å². The van der Waals surface area contributed by atoms with E-state index in [0.29, 0.717) is 0 Å². The highest BCUT2D eigenvalue weighted by Gasteiger charge is 2.67. The van der Waals surface area contributed by atoms with Crippen molar-refractivity contribution in [2.75, 3.05) is 12.3 Å². The van der Waals surface area contributed by atoms with Crippen molar-refractivity contribution in [2.24, 2.45) is 0 Å². The summed E-state index contributed by atoms with van der Waals surface area (Å²) in [6.45, 7) is 40.9. The lowest BCUT2D eigenvalue weighted by Crippen LogP contribution is -2.58. The molecule has 0 amide bonds. The van der Waals surface area contributed by atoms with Crippen molar-refractivity contribution in [3.8, 4) is 0 Å². The van der Waals surface area contributed by atoms with E-state index in [0.717, 1.165) is 0 Å². The van der Waals surface area contributed by atoms with Crippen LogP contribution in [0.5, 0.6) is 0 Å². The summed E-state index contributed by atoms with van der Waals surface area (Å²) in [4.78, 5) is 21.2. The van der Waals surface area contributed by atoms with Gasteiger partial charge in [0.05, 0.1) is 0 Å². The second-order valence-corrected chi connectivity index (χ2v) is 30.0. The Morgan fingerprint density at radius 2 is 1.43 bits per heavy atom. The Balaban J connectivity index is 2.81. The number of nitrogens with zero attached hydrogens (tertiary/aromatic N) is 3. The van der Waals surface area contributed by atoms with E-state index in [1.54, 1.807) is 12.3 Å². The molecule has 2 rings (SSSR count). The second-order valence-electron chi connectivity index (χ2n) is 15.7. The van der Waals surface area contributed by atoms with Gasteiger partial charge in [-0.25, -0.2) is 11.4 Å². The summed E-state index contributed by atoms with van der Waals surface area (Å²) in [6, 6.07) is 1.56. The van der Waals surface area contributed by atoms with E-state index in [-0.39, 0.29) is 27.5 Å². The number of hydrogen-bond donors (Lipinski definition) is 1. The van der Waals surface area contributed by atoms with Crippen LogP contribution in [0.1, 0.15) is 68.5 Å². The molecule has 40 heavy (non-hydrogen) atoms. The van der Waals surface area contributed by atoms with Crippen LogP contribution in [-0.4, -0.2) is 59.0 Å². The molecule has 0 aliphatic carbocycles. The van der Waals surface area contributed by atoms with Crippen LogP contribution in [0.15, 0.2) is 17.1 Å². The monoisotopic (exact) mass is 610 g/mol. The molecule has 1 aromatic heterocycles. The third-order valence-electron chi connectivity index (χ3n) is 9.57. The van der Waals surface area contributed by atoms with E-state index in [1.807, 2.05) is 0 Å². The molecule has 0 spiro atoms. The van der Waals surface area contributed by atoms with E-state index < -0.39 is 54.8 Å². The lowest BCUT2D eigenvalue weighted by molar-refractivity contribution is -0.0964. The third kappa shape index (κ3) is 6.99. The first-order valence-electron chi connectivity index (χ1n) is 14.1. The van der Waals surface area contributed by atoms with Gasteiger partial charge in [0, 0.05) is 6.20 Å². The molecule has 12 heteroatoms. The van der Waals surface area contributed by atoms with Crippen molar-refractivity contribution in [2.45, 2.75) is 141 Å². The Bertz CT molecular complexity index is 1160. The molecule has 2 N–H and O–H groups in total. The minimum atomic E-state index is -2.46. The number of nitrogens with two attached hydrogens (primary N) is 1. The molecule has 4 atom stereocenters. The van der Waals surface area contributed by atoms with Gasteiger partial charge in [-0.3, -0.25) is 14.1 Å². The molecule has 228 valence electrons. The first kappa shape index (κ1) is 34.9. The fourth-order valence-corrected chi connectivity index (χ4v) is 7.19. The standard InChI is InChI=1S/C28H54N4O5Si3/c1-25(2,3)38(11,12)34-19-28(30-10)22(37-40(15,16)27(7,8)9)21(36-39(13,14)26(4,5)6)23(35-28)32-18-17-20(29)31-24(32)33/h17-18,21-23H,19H2,1-9,11-16H3,(H2,29,31,33)/t21?,22-,23-,28-/m1/s1. The lowest BCUT2D eigenvalue weighted by Gasteiger charge is -2.44. The number of rotatable bonds is 8. The maximum absolute atomic E-state index is 13.1. The van der Waals surface area contributed by atoms with Crippen molar-refractivity contribution in [1.29, 1.82) is 0 Å². The molecule has 1 aliphatic heterocycles. The van der Waals surface area contributed by atoms with Crippen LogP contribution in [0.2, 0.25) is 54.4 Å². The largest absolute Gasteiger partial charge is 0.406 e. The zero-order valence-electron chi connectivity index (χ0n) is 27.6. The molecular formula is C28H54N4O5Si3. The highest BCUT2D eigenvalue weighted by Crippen LogP contribution is 2.50. The maximum Gasteiger partial charge on any atom is 0.388 e. The molecule has 1 aliphatic rings. The summed E-state index contributed by atoms with van der Waals surface area (Å²) in [5.74, 6) is 0.118. The van der Waals surface area contributed by atoms with Crippen molar-refractivity contribution in [3.05, 3.63) is 34.2 Å². The average Bonchev–Trinajstić information content (AvgIpc) is 3.02. The van der Waals surface area contributed by atoms with Crippen LogP contribution in [0.4, 0.5) is 5.82 Å². The van der Waals surface area contributed by atoms with Crippen molar-refractivity contribution >= 4 is 30.8 Å². The number of hydrogen-bond acceptors (Lipinski definition) is 7. The van der Waals surface area contributed by atoms with Gasteiger partial charge in [0.1, 0.15) is 18.5 Å². The van der Waals surface area contributed by atoms with Crippen LogP contribution in [0.25, 0.3) is 4.85 Å². The predicted molar refractivity (Wildman–Crippen MR) is 170 cm³/mol. The zero-order chi connectivity index (χ0) is 31.3. The molecule has 0 aromatic carbocycles. The number of nitrogen functional groups attached to an aromatic ring is 1. The van der Waals surface area contributed by atoms with Gasteiger partial charge >= 0.3 is 11.4 Å². The van der Waals surface area contributed by atoms with E-state index in [4.69, 9.17) is 30.3 Å². The average molecular weight is 611 g/mol. The number of ether oxygens (including phenoxy) is 1. The topological polar surface area (TPSA) is 102 Å². The molecular weight excluding hydrogens is 557 g/mol. The summed E-state index contributed by atoms with van der Waals surface area (Å²) < 4.78 is 28.8. The molecule has 1 fully saturated rings. The molecule has 1 saturated heterocycles. The zero-order valence-corrected chi connectivity index (χ0v) is 30.6.